The summed E-state index contributed by atoms with van der Waals surface area (Å²) in [4.78, 5) is 17.7. The van der Waals surface area contributed by atoms with Gasteiger partial charge in [0.2, 0.25) is 5.95 Å². The Morgan fingerprint density at radius 2 is 1.77 bits per heavy atom. The number of benzene rings is 2. The first-order valence-corrected chi connectivity index (χ1v) is 9.49. The third-order valence-electron chi connectivity index (χ3n) is 4.88. The first-order chi connectivity index (χ1) is 14.8. The molecule has 6 nitrogen and oxygen atoms in total. The average molecular weight is 388 g/mol. The second-order valence-corrected chi connectivity index (χ2v) is 6.89. The molecule has 0 amide bonds. The van der Waals surface area contributed by atoms with Crippen molar-refractivity contribution in [3.63, 3.8) is 0 Å². The molecule has 3 aromatic heterocycles. The lowest BCUT2D eigenvalue weighted by Gasteiger charge is -2.08. The molecule has 0 saturated carbocycles. The zero-order valence-corrected chi connectivity index (χ0v) is 15.9. The maximum atomic E-state index is 9.00. The van der Waals surface area contributed by atoms with Crippen molar-refractivity contribution < 1.29 is 0 Å². The summed E-state index contributed by atoms with van der Waals surface area (Å²) in [6.45, 7) is 0.572. The van der Waals surface area contributed by atoms with Crippen molar-refractivity contribution in [3.8, 4) is 17.3 Å². The molecule has 5 rings (SSSR count). The van der Waals surface area contributed by atoms with Crippen molar-refractivity contribution in [2.75, 3.05) is 5.32 Å². The summed E-state index contributed by atoms with van der Waals surface area (Å²) in [7, 11) is 0. The molecule has 0 spiro atoms. The molecule has 142 valence electrons. The van der Waals surface area contributed by atoms with E-state index < -0.39 is 0 Å². The second-order valence-electron chi connectivity index (χ2n) is 6.89. The van der Waals surface area contributed by atoms with Gasteiger partial charge in [-0.25, -0.2) is 9.97 Å². The van der Waals surface area contributed by atoms with Gasteiger partial charge in [0.25, 0.3) is 0 Å². The zero-order chi connectivity index (χ0) is 20.3. The largest absolute Gasteiger partial charge is 0.350 e. The van der Waals surface area contributed by atoms with Gasteiger partial charge < -0.3 is 5.32 Å². The van der Waals surface area contributed by atoms with E-state index in [-0.39, 0.29) is 0 Å². The second kappa shape index (κ2) is 7.57. The summed E-state index contributed by atoms with van der Waals surface area (Å²) in [5, 5.41) is 14.3. The first-order valence-electron chi connectivity index (χ1n) is 9.49. The molecular formula is C24H16N6. The molecule has 0 aliphatic rings. The lowest BCUT2D eigenvalue weighted by atomic mass is 10.1. The summed E-state index contributed by atoms with van der Waals surface area (Å²) in [6, 6.07) is 21.9. The van der Waals surface area contributed by atoms with E-state index in [9.17, 15) is 0 Å². The van der Waals surface area contributed by atoms with Gasteiger partial charge in [-0.3, -0.25) is 9.97 Å². The van der Waals surface area contributed by atoms with Gasteiger partial charge in [0.1, 0.15) is 6.07 Å². The molecule has 2 aromatic carbocycles. The molecule has 0 atom stereocenters. The van der Waals surface area contributed by atoms with Gasteiger partial charge in [-0.2, -0.15) is 5.26 Å². The maximum absolute atomic E-state index is 9.00. The minimum atomic E-state index is 0.558. The number of hydrogen-bond donors (Lipinski definition) is 1. The SMILES string of the molecule is N#Cc1cnc2cc(CNc3nccc(-c4ccc5ncccc5c4)n3)ccc2c1. The fraction of sp³-hybridized carbons (Fsp3) is 0.0417. The minimum absolute atomic E-state index is 0.558. The zero-order valence-electron chi connectivity index (χ0n) is 15.9. The predicted molar refractivity (Wildman–Crippen MR) is 117 cm³/mol. The standard InChI is InChI=1S/C24H16N6/c25-13-17-10-19-4-3-16(11-23(19)28-15-17)14-29-24-27-9-7-22(30-24)20-5-6-21-18(12-20)2-1-8-26-21/h1-12,15H,14H2,(H,27,29,30). The Balaban J connectivity index is 1.36. The summed E-state index contributed by atoms with van der Waals surface area (Å²) in [6.07, 6.45) is 5.13. The summed E-state index contributed by atoms with van der Waals surface area (Å²) in [5.74, 6) is 0.562. The molecule has 30 heavy (non-hydrogen) atoms. The van der Waals surface area contributed by atoms with Crippen LogP contribution < -0.4 is 5.32 Å². The van der Waals surface area contributed by atoms with Crippen molar-refractivity contribution in [1.29, 1.82) is 5.26 Å². The van der Waals surface area contributed by atoms with E-state index in [1.165, 1.54) is 0 Å². The minimum Gasteiger partial charge on any atom is -0.350 e. The lowest BCUT2D eigenvalue weighted by Crippen LogP contribution is -2.04. The number of anilines is 1. The van der Waals surface area contributed by atoms with Gasteiger partial charge in [-0.1, -0.05) is 24.3 Å². The van der Waals surface area contributed by atoms with Crippen LogP contribution in [0.2, 0.25) is 0 Å². The Kier molecular flexibility index (Phi) is 4.47. The van der Waals surface area contributed by atoms with Crippen LogP contribution in [0, 0.1) is 11.3 Å². The molecule has 0 aliphatic carbocycles. The van der Waals surface area contributed by atoms with Crippen LogP contribution in [0.3, 0.4) is 0 Å². The van der Waals surface area contributed by atoms with E-state index in [4.69, 9.17) is 5.26 Å². The number of hydrogen-bond acceptors (Lipinski definition) is 6. The molecule has 0 radical (unpaired) electrons. The summed E-state index contributed by atoms with van der Waals surface area (Å²) in [5.41, 5.74) is 5.30. The van der Waals surface area contributed by atoms with Gasteiger partial charge in [0.05, 0.1) is 22.3 Å². The van der Waals surface area contributed by atoms with Crippen LogP contribution in [0.15, 0.2) is 79.3 Å². The lowest BCUT2D eigenvalue weighted by molar-refractivity contribution is 1.06. The highest BCUT2D eigenvalue weighted by Crippen LogP contribution is 2.22. The topological polar surface area (TPSA) is 87.4 Å². The molecule has 0 aliphatic heterocycles. The Hall–Kier alpha value is -4.37. The van der Waals surface area contributed by atoms with E-state index >= 15 is 0 Å². The fourth-order valence-corrected chi connectivity index (χ4v) is 3.36. The third-order valence-corrected chi connectivity index (χ3v) is 4.88. The van der Waals surface area contributed by atoms with Crippen LogP contribution >= 0.6 is 0 Å². The first kappa shape index (κ1) is 17.7. The van der Waals surface area contributed by atoms with E-state index in [0.29, 0.717) is 18.1 Å². The molecule has 3 heterocycles. The van der Waals surface area contributed by atoms with Gasteiger partial charge >= 0.3 is 0 Å². The van der Waals surface area contributed by atoms with Gasteiger partial charge in [0.15, 0.2) is 0 Å². The molecular weight excluding hydrogens is 372 g/mol. The van der Waals surface area contributed by atoms with E-state index in [2.05, 4.69) is 37.4 Å². The van der Waals surface area contributed by atoms with E-state index in [1.807, 2.05) is 54.6 Å². The molecule has 5 aromatic rings. The summed E-state index contributed by atoms with van der Waals surface area (Å²) < 4.78 is 0. The molecule has 0 bridgehead atoms. The van der Waals surface area contributed by atoms with E-state index in [1.54, 1.807) is 18.6 Å². The normalized spacial score (nSPS) is 10.8. The van der Waals surface area contributed by atoms with Crippen LogP contribution in [0.1, 0.15) is 11.1 Å². The van der Waals surface area contributed by atoms with Crippen molar-refractivity contribution in [1.82, 2.24) is 19.9 Å². The van der Waals surface area contributed by atoms with Crippen molar-refractivity contribution >= 4 is 27.8 Å². The highest BCUT2D eigenvalue weighted by Gasteiger charge is 2.05. The van der Waals surface area contributed by atoms with Gasteiger partial charge in [-0.05, 0) is 42.0 Å². The smallest absolute Gasteiger partial charge is 0.223 e. The Morgan fingerprint density at radius 3 is 2.70 bits per heavy atom. The summed E-state index contributed by atoms with van der Waals surface area (Å²) >= 11 is 0. The maximum Gasteiger partial charge on any atom is 0.223 e. The van der Waals surface area contributed by atoms with Crippen molar-refractivity contribution in [2.45, 2.75) is 6.54 Å². The number of aromatic nitrogens is 4. The molecule has 0 unspecified atom stereocenters. The van der Waals surface area contributed by atoms with Crippen LogP contribution in [-0.4, -0.2) is 19.9 Å². The fourth-order valence-electron chi connectivity index (χ4n) is 3.36. The van der Waals surface area contributed by atoms with Crippen LogP contribution in [0.25, 0.3) is 33.1 Å². The highest BCUT2D eigenvalue weighted by atomic mass is 15.1. The van der Waals surface area contributed by atoms with Crippen molar-refractivity contribution in [2.24, 2.45) is 0 Å². The van der Waals surface area contributed by atoms with Gasteiger partial charge in [-0.15, -0.1) is 0 Å². The molecule has 6 heteroatoms. The number of rotatable bonds is 4. The van der Waals surface area contributed by atoms with Crippen LogP contribution in [0.5, 0.6) is 0 Å². The number of fused-ring (bicyclic) bond motifs is 2. The van der Waals surface area contributed by atoms with Crippen LogP contribution in [0.4, 0.5) is 5.95 Å². The average Bonchev–Trinajstić information content (AvgIpc) is 2.82. The third kappa shape index (κ3) is 3.52. The number of nitriles is 1. The predicted octanol–water partition coefficient (Wildman–Crippen LogP) is 4.72. The van der Waals surface area contributed by atoms with E-state index in [0.717, 1.165) is 38.6 Å². The monoisotopic (exact) mass is 388 g/mol. The molecule has 0 fully saturated rings. The van der Waals surface area contributed by atoms with Crippen molar-refractivity contribution in [3.05, 3.63) is 90.4 Å². The number of pyridine rings is 2. The van der Waals surface area contributed by atoms with Crippen LogP contribution in [-0.2, 0) is 6.54 Å². The highest BCUT2D eigenvalue weighted by molar-refractivity contribution is 5.83. The Bertz CT molecular complexity index is 1420. The number of nitrogens with one attached hydrogen (secondary N) is 1. The Labute approximate surface area is 172 Å². The molecule has 1 N–H and O–H groups in total. The quantitative estimate of drug-likeness (QED) is 0.479. The van der Waals surface area contributed by atoms with Gasteiger partial charge in [0, 0.05) is 41.5 Å². The molecule has 0 saturated heterocycles. The Morgan fingerprint density at radius 1 is 0.833 bits per heavy atom. The number of nitrogens with zero attached hydrogens (tertiary/aromatic N) is 5.